The summed E-state index contributed by atoms with van der Waals surface area (Å²) in [7, 11) is -3.65. The summed E-state index contributed by atoms with van der Waals surface area (Å²) in [6, 6.07) is 12.1. The molecule has 6 nitrogen and oxygen atoms in total. The zero-order valence-corrected chi connectivity index (χ0v) is 15.3. The van der Waals surface area contributed by atoms with Gasteiger partial charge in [0.25, 0.3) is 0 Å². The molecular formula is C19H19FN2O4S. The molecule has 1 N–H and O–H groups in total. The standard InChI is InChI=1S/C19H19FN2O4S/c20-18-7-2-1-4-15(18)8-9-19(23)21-16-5-3-6-17(14-16)27(24,25)22-10-12-26-13-11-22/h1-9,14H,10-13H2,(H,21,23)/b9-8+. The number of hydrogen-bond donors (Lipinski definition) is 1. The zero-order valence-electron chi connectivity index (χ0n) is 14.5. The second-order valence-corrected chi connectivity index (χ2v) is 7.83. The van der Waals surface area contributed by atoms with Crippen molar-refractivity contribution in [2.75, 3.05) is 31.6 Å². The van der Waals surface area contributed by atoms with E-state index in [0.717, 1.165) is 0 Å². The van der Waals surface area contributed by atoms with Crippen LogP contribution in [0, 0.1) is 5.82 Å². The number of nitrogens with one attached hydrogen (secondary N) is 1. The van der Waals surface area contributed by atoms with Crippen LogP contribution in [-0.2, 0) is 19.6 Å². The number of ether oxygens (including phenoxy) is 1. The number of anilines is 1. The molecule has 0 atom stereocenters. The molecule has 2 aromatic carbocycles. The van der Waals surface area contributed by atoms with E-state index < -0.39 is 21.7 Å². The largest absolute Gasteiger partial charge is 0.379 e. The number of amides is 1. The summed E-state index contributed by atoms with van der Waals surface area (Å²) in [4.78, 5) is 12.2. The van der Waals surface area contributed by atoms with Crippen molar-refractivity contribution in [2.45, 2.75) is 4.90 Å². The van der Waals surface area contributed by atoms with E-state index in [4.69, 9.17) is 4.74 Å². The van der Waals surface area contributed by atoms with Crippen LogP contribution in [0.2, 0.25) is 0 Å². The lowest BCUT2D eigenvalue weighted by Gasteiger charge is -2.26. The first-order valence-corrected chi connectivity index (χ1v) is 9.82. The molecule has 1 aliphatic rings. The third-order valence-corrected chi connectivity index (χ3v) is 5.92. The van der Waals surface area contributed by atoms with Crippen molar-refractivity contribution in [1.82, 2.24) is 4.31 Å². The Morgan fingerprint density at radius 2 is 1.85 bits per heavy atom. The van der Waals surface area contributed by atoms with Gasteiger partial charge in [-0.2, -0.15) is 4.31 Å². The molecule has 8 heteroatoms. The molecule has 1 heterocycles. The van der Waals surface area contributed by atoms with Crippen LogP contribution < -0.4 is 5.32 Å². The second-order valence-electron chi connectivity index (χ2n) is 5.89. The summed E-state index contributed by atoms with van der Waals surface area (Å²) in [5.41, 5.74) is 0.629. The number of sulfonamides is 1. The summed E-state index contributed by atoms with van der Waals surface area (Å²) in [5, 5.41) is 2.59. The third-order valence-electron chi connectivity index (χ3n) is 4.03. The van der Waals surface area contributed by atoms with Gasteiger partial charge in [0.05, 0.1) is 18.1 Å². The first kappa shape index (κ1) is 19.2. The van der Waals surface area contributed by atoms with E-state index in [1.807, 2.05) is 0 Å². The highest BCUT2D eigenvalue weighted by atomic mass is 32.2. The quantitative estimate of drug-likeness (QED) is 0.796. The highest BCUT2D eigenvalue weighted by molar-refractivity contribution is 7.89. The van der Waals surface area contributed by atoms with Crippen molar-refractivity contribution in [3.63, 3.8) is 0 Å². The number of benzene rings is 2. The Morgan fingerprint density at radius 1 is 1.11 bits per heavy atom. The van der Waals surface area contributed by atoms with Crippen LogP contribution in [0.3, 0.4) is 0 Å². The average molecular weight is 390 g/mol. The summed E-state index contributed by atoms with van der Waals surface area (Å²) < 4.78 is 45.5. The molecule has 1 amide bonds. The Hall–Kier alpha value is -2.55. The van der Waals surface area contributed by atoms with E-state index in [-0.39, 0.29) is 10.5 Å². The van der Waals surface area contributed by atoms with Crippen LogP contribution in [0.4, 0.5) is 10.1 Å². The van der Waals surface area contributed by atoms with E-state index in [1.54, 1.807) is 30.3 Å². The van der Waals surface area contributed by atoms with Crippen LogP contribution in [0.1, 0.15) is 5.56 Å². The summed E-state index contributed by atoms with van der Waals surface area (Å²) in [6.45, 7) is 1.31. The van der Waals surface area contributed by atoms with Crippen molar-refractivity contribution in [3.8, 4) is 0 Å². The molecular weight excluding hydrogens is 371 g/mol. The molecule has 1 aliphatic heterocycles. The predicted octanol–water partition coefficient (Wildman–Crippen LogP) is 2.50. The van der Waals surface area contributed by atoms with E-state index >= 15 is 0 Å². The van der Waals surface area contributed by atoms with Gasteiger partial charge in [-0.25, -0.2) is 12.8 Å². The maximum Gasteiger partial charge on any atom is 0.248 e. The van der Waals surface area contributed by atoms with Gasteiger partial charge in [0.1, 0.15) is 5.82 Å². The maximum atomic E-state index is 13.6. The van der Waals surface area contributed by atoms with Crippen LogP contribution in [-0.4, -0.2) is 44.9 Å². The molecule has 0 radical (unpaired) electrons. The Labute approximate surface area is 157 Å². The minimum absolute atomic E-state index is 0.0975. The van der Waals surface area contributed by atoms with Crippen molar-refractivity contribution in [2.24, 2.45) is 0 Å². The first-order valence-electron chi connectivity index (χ1n) is 8.38. The average Bonchev–Trinajstić information content (AvgIpc) is 2.68. The van der Waals surface area contributed by atoms with E-state index in [2.05, 4.69) is 5.32 Å². The summed E-state index contributed by atoms with van der Waals surface area (Å²) >= 11 is 0. The Bertz CT molecular complexity index is 954. The van der Waals surface area contributed by atoms with Crippen molar-refractivity contribution >= 4 is 27.7 Å². The maximum absolute atomic E-state index is 13.6. The van der Waals surface area contributed by atoms with E-state index in [1.165, 1.54) is 34.7 Å². The Balaban J connectivity index is 1.72. The van der Waals surface area contributed by atoms with Gasteiger partial charge in [0.2, 0.25) is 15.9 Å². The second kappa shape index (κ2) is 8.43. The fourth-order valence-corrected chi connectivity index (χ4v) is 4.08. The van der Waals surface area contributed by atoms with Gasteiger partial charge in [-0.3, -0.25) is 4.79 Å². The van der Waals surface area contributed by atoms with Crippen molar-refractivity contribution < 1.29 is 22.3 Å². The number of nitrogens with zero attached hydrogens (tertiary/aromatic N) is 1. The Morgan fingerprint density at radius 3 is 2.59 bits per heavy atom. The van der Waals surface area contributed by atoms with Crippen LogP contribution in [0.5, 0.6) is 0 Å². The van der Waals surface area contributed by atoms with Crippen molar-refractivity contribution in [3.05, 3.63) is 66.0 Å². The summed E-state index contributed by atoms with van der Waals surface area (Å²) in [5.74, 6) is -0.917. The fourth-order valence-electron chi connectivity index (χ4n) is 2.63. The SMILES string of the molecule is O=C(/C=C/c1ccccc1F)Nc1cccc(S(=O)(=O)N2CCOCC2)c1. The number of morpholine rings is 1. The molecule has 1 fully saturated rings. The van der Waals surface area contributed by atoms with Crippen molar-refractivity contribution in [1.29, 1.82) is 0 Å². The third kappa shape index (κ3) is 4.79. The van der Waals surface area contributed by atoms with Gasteiger partial charge in [-0.1, -0.05) is 24.3 Å². The molecule has 0 spiro atoms. The number of carbonyl (C=O) groups is 1. The fraction of sp³-hybridized carbons (Fsp3) is 0.211. The van der Waals surface area contributed by atoms with Gasteiger partial charge in [-0.15, -0.1) is 0 Å². The molecule has 142 valence electrons. The predicted molar refractivity (Wildman–Crippen MR) is 100 cm³/mol. The molecule has 27 heavy (non-hydrogen) atoms. The molecule has 3 rings (SSSR count). The van der Waals surface area contributed by atoms with Crippen LogP contribution in [0.15, 0.2) is 59.5 Å². The lowest BCUT2D eigenvalue weighted by Crippen LogP contribution is -2.40. The normalized spacial score (nSPS) is 15.7. The lowest BCUT2D eigenvalue weighted by molar-refractivity contribution is -0.111. The molecule has 0 bridgehead atoms. The van der Waals surface area contributed by atoms with Crippen LogP contribution in [0.25, 0.3) is 6.08 Å². The van der Waals surface area contributed by atoms with Crippen LogP contribution >= 0.6 is 0 Å². The summed E-state index contributed by atoms with van der Waals surface area (Å²) in [6.07, 6.45) is 2.56. The molecule has 1 saturated heterocycles. The topological polar surface area (TPSA) is 75.7 Å². The molecule has 2 aromatic rings. The number of halogens is 1. The minimum Gasteiger partial charge on any atom is -0.379 e. The number of rotatable bonds is 5. The monoisotopic (exact) mass is 390 g/mol. The molecule has 0 aromatic heterocycles. The van der Waals surface area contributed by atoms with Gasteiger partial charge in [0, 0.05) is 30.4 Å². The van der Waals surface area contributed by atoms with Gasteiger partial charge in [-0.05, 0) is 30.3 Å². The molecule has 0 unspecified atom stereocenters. The van der Waals surface area contributed by atoms with Gasteiger partial charge in [0.15, 0.2) is 0 Å². The molecule has 0 saturated carbocycles. The number of hydrogen-bond acceptors (Lipinski definition) is 4. The smallest absolute Gasteiger partial charge is 0.248 e. The van der Waals surface area contributed by atoms with Gasteiger partial charge >= 0.3 is 0 Å². The van der Waals surface area contributed by atoms with E-state index in [0.29, 0.717) is 32.0 Å². The highest BCUT2D eigenvalue weighted by Crippen LogP contribution is 2.20. The highest BCUT2D eigenvalue weighted by Gasteiger charge is 2.26. The minimum atomic E-state index is -3.65. The lowest BCUT2D eigenvalue weighted by atomic mass is 10.2. The first-order chi connectivity index (χ1) is 13.0. The molecule has 0 aliphatic carbocycles. The number of carbonyl (C=O) groups excluding carboxylic acids is 1. The Kier molecular flexibility index (Phi) is 6.00. The zero-order chi connectivity index (χ0) is 19.3. The van der Waals surface area contributed by atoms with Gasteiger partial charge < -0.3 is 10.1 Å². The van der Waals surface area contributed by atoms with E-state index in [9.17, 15) is 17.6 Å².